The Morgan fingerprint density at radius 1 is 1.18 bits per heavy atom. The fourth-order valence-corrected chi connectivity index (χ4v) is 3.10. The molecule has 98 valence electrons. The van der Waals surface area contributed by atoms with Gasteiger partial charge >= 0.3 is 0 Å². The van der Waals surface area contributed by atoms with Crippen molar-refractivity contribution in [2.24, 2.45) is 17.3 Å². The Balaban J connectivity index is 2.46. The monoisotopic (exact) mass is 235 g/mol. The van der Waals surface area contributed by atoms with Gasteiger partial charge in [0.25, 0.3) is 0 Å². The van der Waals surface area contributed by atoms with E-state index >= 15 is 0 Å². The predicted octanol–water partition coefficient (Wildman–Crippen LogP) is 3.84. The molecule has 1 rings (SSSR count). The van der Waals surface area contributed by atoms with E-state index in [-0.39, 0.29) is 0 Å². The highest BCUT2D eigenvalue weighted by molar-refractivity contribution is 5.00. The predicted molar refractivity (Wildman–Crippen MR) is 75.8 cm³/mol. The van der Waals surface area contributed by atoms with Crippen LogP contribution in [0.5, 0.6) is 0 Å². The van der Waals surface area contributed by atoms with Crippen molar-refractivity contribution >= 4 is 0 Å². The number of hydrogen-bond acceptors (Lipinski definition) is 1. The topological polar surface area (TPSA) is 12.0 Å². The van der Waals surface area contributed by atoms with Crippen LogP contribution < -0.4 is 5.32 Å². The zero-order chi connectivity index (χ0) is 12.9. The van der Waals surface area contributed by atoms with Gasteiger partial charge in [0.15, 0.2) is 0 Å². The summed E-state index contributed by atoms with van der Waals surface area (Å²) >= 11 is 0. The third-order valence-electron chi connectivity index (χ3n) is 4.44. The summed E-state index contributed by atoms with van der Waals surface area (Å²) in [7, 11) is 2.08. The zero-order valence-corrected chi connectivity index (χ0v) is 12.3. The summed E-state index contributed by atoms with van der Waals surface area (Å²) in [5.74, 6) is 7.98. The summed E-state index contributed by atoms with van der Waals surface area (Å²) in [6.45, 7) is 9.09. The fourth-order valence-electron chi connectivity index (χ4n) is 3.10. The lowest BCUT2D eigenvalue weighted by molar-refractivity contribution is 0.135. The van der Waals surface area contributed by atoms with Gasteiger partial charge in [-0.1, -0.05) is 20.8 Å². The van der Waals surface area contributed by atoms with Crippen LogP contribution in [0, 0.1) is 29.1 Å². The molecule has 1 heteroatoms. The Kier molecular flexibility index (Phi) is 5.53. The summed E-state index contributed by atoms with van der Waals surface area (Å²) in [4.78, 5) is 0. The van der Waals surface area contributed by atoms with Crippen molar-refractivity contribution in [1.29, 1.82) is 0 Å². The van der Waals surface area contributed by atoms with E-state index in [1.54, 1.807) is 0 Å². The zero-order valence-electron chi connectivity index (χ0n) is 12.3. The molecule has 0 aromatic rings. The summed E-state index contributed by atoms with van der Waals surface area (Å²) < 4.78 is 0. The van der Waals surface area contributed by atoms with Crippen molar-refractivity contribution in [3.63, 3.8) is 0 Å². The van der Waals surface area contributed by atoms with E-state index in [0.29, 0.717) is 11.5 Å². The van der Waals surface area contributed by atoms with Crippen molar-refractivity contribution in [3.05, 3.63) is 0 Å². The molecule has 0 heterocycles. The second-order valence-electron chi connectivity index (χ2n) is 6.50. The van der Waals surface area contributed by atoms with E-state index in [1.807, 2.05) is 6.92 Å². The Morgan fingerprint density at radius 2 is 1.76 bits per heavy atom. The average Bonchev–Trinajstić information content (AvgIpc) is 2.29. The van der Waals surface area contributed by atoms with E-state index in [0.717, 1.165) is 18.3 Å². The van der Waals surface area contributed by atoms with Crippen LogP contribution in [0.3, 0.4) is 0 Å². The summed E-state index contributed by atoms with van der Waals surface area (Å²) in [5, 5.41) is 3.46. The Labute approximate surface area is 108 Å². The molecule has 1 N–H and O–H groups in total. The third-order valence-corrected chi connectivity index (χ3v) is 4.44. The second-order valence-corrected chi connectivity index (χ2v) is 6.50. The molecule has 1 unspecified atom stereocenters. The molecule has 0 aromatic carbocycles. The van der Waals surface area contributed by atoms with Gasteiger partial charge in [-0.2, -0.15) is 0 Å². The molecule has 17 heavy (non-hydrogen) atoms. The molecule has 1 fully saturated rings. The lowest BCUT2D eigenvalue weighted by atomic mass is 9.68. The minimum Gasteiger partial charge on any atom is -0.316 e. The van der Waals surface area contributed by atoms with E-state index in [9.17, 15) is 0 Å². The van der Waals surface area contributed by atoms with Crippen LogP contribution in [-0.2, 0) is 0 Å². The van der Waals surface area contributed by atoms with Gasteiger partial charge in [-0.25, -0.2) is 0 Å². The first-order valence-corrected chi connectivity index (χ1v) is 7.06. The molecule has 0 amide bonds. The molecular weight excluding hydrogens is 206 g/mol. The minimum absolute atomic E-state index is 0.489. The van der Waals surface area contributed by atoms with Crippen LogP contribution in [0.2, 0.25) is 0 Å². The number of hydrogen-bond donors (Lipinski definition) is 1. The lowest BCUT2D eigenvalue weighted by Crippen LogP contribution is -2.37. The Hall–Kier alpha value is -0.480. The summed E-state index contributed by atoms with van der Waals surface area (Å²) in [6, 6.07) is 0.600. The Morgan fingerprint density at radius 3 is 2.18 bits per heavy atom. The van der Waals surface area contributed by atoms with E-state index < -0.39 is 0 Å². The van der Waals surface area contributed by atoms with E-state index in [4.69, 9.17) is 0 Å². The standard InChI is InChI=1S/C16H29N/c1-6-7-8-15(17-5)13-9-11-14(12-10-13)16(2,3)4/h13-15,17H,8-12H2,1-5H3. The largest absolute Gasteiger partial charge is 0.316 e. The van der Waals surface area contributed by atoms with Crippen LogP contribution >= 0.6 is 0 Å². The molecule has 1 aliphatic rings. The van der Waals surface area contributed by atoms with Gasteiger partial charge in [-0.3, -0.25) is 0 Å². The molecule has 1 atom stereocenters. The van der Waals surface area contributed by atoms with Crippen molar-refractivity contribution in [2.75, 3.05) is 7.05 Å². The molecule has 0 bridgehead atoms. The molecule has 0 spiro atoms. The smallest absolute Gasteiger partial charge is 0.0245 e. The van der Waals surface area contributed by atoms with E-state index in [2.05, 4.69) is 45.0 Å². The maximum Gasteiger partial charge on any atom is 0.0245 e. The van der Waals surface area contributed by atoms with Crippen LogP contribution in [0.1, 0.15) is 59.8 Å². The number of nitrogens with one attached hydrogen (secondary N) is 1. The average molecular weight is 235 g/mol. The first-order chi connectivity index (χ1) is 7.99. The lowest BCUT2D eigenvalue weighted by Gasteiger charge is -2.39. The molecule has 0 radical (unpaired) electrons. The van der Waals surface area contributed by atoms with Crippen LogP contribution in [0.4, 0.5) is 0 Å². The Bertz CT molecular complexity index is 268. The van der Waals surface area contributed by atoms with Gasteiger partial charge < -0.3 is 5.32 Å². The summed E-state index contributed by atoms with van der Waals surface area (Å²) in [5.41, 5.74) is 0.489. The van der Waals surface area contributed by atoms with Gasteiger partial charge in [0.2, 0.25) is 0 Å². The second kappa shape index (κ2) is 6.45. The van der Waals surface area contributed by atoms with Gasteiger partial charge in [0, 0.05) is 12.5 Å². The van der Waals surface area contributed by atoms with Crippen LogP contribution in [0.25, 0.3) is 0 Å². The third kappa shape index (κ3) is 4.36. The maximum absolute atomic E-state index is 3.46. The molecule has 0 saturated heterocycles. The molecule has 1 nitrogen and oxygen atoms in total. The first kappa shape index (κ1) is 14.6. The summed E-state index contributed by atoms with van der Waals surface area (Å²) in [6.07, 6.45) is 6.55. The highest BCUT2D eigenvalue weighted by atomic mass is 14.9. The highest BCUT2D eigenvalue weighted by Gasteiger charge is 2.32. The van der Waals surface area contributed by atoms with Crippen LogP contribution in [0.15, 0.2) is 0 Å². The van der Waals surface area contributed by atoms with E-state index in [1.165, 1.54) is 25.7 Å². The van der Waals surface area contributed by atoms with Crippen molar-refractivity contribution in [1.82, 2.24) is 5.32 Å². The van der Waals surface area contributed by atoms with Gasteiger partial charge in [0.05, 0.1) is 0 Å². The minimum atomic E-state index is 0.489. The van der Waals surface area contributed by atoms with Crippen molar-refractivity contribution in [3.8, 4) is 11.8 Å². The molecule has 0 aliphatic heterocycles. The quantitative estimate of drug-likeness (QED) is 0.733. The molecule has 0 aromatic heterocycles. The van der Waals surface area contributed by atoms with Gasteiger partial charge in [-0.05, 0) is 56.9 Å². The van der Waals surface area contributed by atoms with Crippen molar-refractivity contribution < 1.29 is 0 Å². The number of rotatable bonds is 3. The first-order valence-electron chi connectivity index (χ1n) is 7.06. The molecule has 1 aliphatic carbocycles. The van der Waals surface area contributed by atoms with Gasteiger partial charge in [-0.15, -0.1) is 11.8 Å². The SMILES string of the molecule is CC#CCC(NC)C1CCC(C(C)(C)C)CC1. The normalized spacial score (nSPS) is 27.1. The molecular formula is C16H29N. The van der Waals surface area contributed by atoms with Crippen LogP contribution in [-0.4, -0.2) is 13.1 Å². The molecule has 1 saturated carbocycles. The van der Waals surface area contributed by atoms with Gasteiger partial charge in [0.1, 0.15) is 0 Å². The maximum atomic E-state index is 3.46. The fraction of sp³-hybridized carbons (Fsp3) is 0.875. The van der Waals surface area contributed by atoms with Crippen molar-refractivity contribution in [2.45, 2.75) is 65.8 Å². The highest BCUT2D eigenvalue weighted by Crippen LogP contribution is 2.40.